The molecular weight excluding hydrogens is 432 g/mol. The van der Waals surface area contributed by atoms with Gasteiger partial charge in [-0.1, -0.05) is 52.8 Å². The van der Waals surface area contributed by atoms with Gasteiger partial charge in [0.2, 0.25) is 17.7 Å². The second kappa shape index (κ2) is 12.3. The van der Waals surface area contributed by atoms with E-state index in [1.807, 2.05) is 51.2 Å². The Balaban J connectivity index is 2.24. The Labute approximate surface area is 201 Å². The van der Waals surface area contributed by atoms with Crippen LogP contribution in [0.5, 0.6) is 0 Å². The summed E-state index contributed by atoms with van der Waals surface area (Å²) in [5.41, 5.74) is 1.84. The third kappa shape index (κ3) is 7.17. The lowest BCUT2D eigenvalue weighted by Gasteiger charge is -2.31. The first-order valence-electron chi connectivity index (χ1n) is 12.0. The molecule has 2 aromatic rings. The zero-order valence-electron chi connectivity index (χ0n) is 21.1. The number of aromatic nitrogens is 1. The van der Waals surface area contributed by atoms with E-state index >= 15 is 0 Å². The molecular formula is C26H38N4O4. The van der Waals surface area contributed by atoms with E-state index in [4.69, 9.17) is 0 Å². The maximum absolute atomic E-state index is 13.4. The lowest BCUT2D eigenvalue weighted by Crippen LogP contribution is -2.57. The van der Waals surface area contributed by atoms with Crippen molar-refractivity contribution in [1.82, 2.24) is 20.5 Å². The number of aromatic amines is 1. The molecule has 2 rings (SSSR count). The van der Waals surface area contributed by atoms with Gasteiger partial charge >= 0.3 is 0 Å². The summed E-state index contributed by atoms with van der Waals surface area (Å²) in [7, 11) is 0. The van der Waals surface area contributed by atoms with Gasteiger partial charge in [0.1, 0.15) is 12.1 Å². The van der Waals surface area contributed by atoms with Gasteiger partial charge in [-0.3, -0.25) is 19.2 Å². The average molecular weight is 471 g/mol. The smallest absolute Gasteiger partial charge is 0.245 e. The fourth-order valence-electron chi connectivity index (χ4n) is 3.85. The molecule has 3 N–H and O–H groups in total. The first-order valence-corrected chi connectivity index (χ1v) is 12.0. The molecule has 3 amide bonds. The fraction of sp³-hybridized carbons (Fsp3) is 0.538. The van der Waals surface area contributed by atoms with Crippen molar-refractivity contribution in [2.75, 3.05) is 13.1 Å². The summed E-state index contributed by atoms with van der Waals surface area (Å²) in [6.45, 7) is 11.1. The minimum atomic E-state index is -0.845. The molecule has 8 nitrogen and oxygen atoms in total. The number of fused-ring (bicyclic) bond motifs is 1. The predicted octanol–water partition coefficient (Wildman–Crippen LogP) is 2.82. The van der Waals surface area contributed by atoms with Crippen LogP contribution in [0.1, 0.15) is 53.5 Å². The van der Waals surface area contributed by atoms with Crippen LogP contribution in [0, 0.1) is 11.8 Å². The van der Waals surface area contributed by atoms with E-state index in [1.54, 1.807) is 13.8 Å². The van der Waals surface area contributed by atoms with Gasteiger partial charge in [0, 0.05) is 42.9 Å². The van der Waals surface area contributed by atoms with E-state index in [2.05, 4.69) is 15.6 Å². The molecule has 186 valence electrons. The van der Waals surface area contributed by atoms with Crippen molar-refractivity contribution in [2.24, 2.45) is 11.8 Å². The van der Waals surface area contributed by atoms with Crippen molar-refractivity contribution in [3.8, 4) is 0 Å². The Bertz CT molecular complexity index is 1010. The molecule has 0 fully saturated rings. The second-order valence-electron chi connectivity index (χ2n) is 9.43. The molecule has 8 heteroatoms. The maximum atomic E-state index is 13.4. The average Bonchev–Trinajstić information content (AvgIpc) is 3.18. The van der Waals surface area contributed by atoms with Crippen molar-refractivity contribution in [1.29, 1.82) is 0 Å². The first-order chi connectivity index (χ1) is 16.0. The number of carbonyl (C=O) groups is 4. The van der Waals surface area contributed by atoms with Crippen LogP contribution in [0.25, 0.3) is 10.9 Å². The van der Waals surface area contributed by atoms with Crippen LogP contribution >= 0.6 is 0 Å². The molecule has 0 bridgehead atoms. The predicted molar refractivity (Wildman–Crippen MR) is 133 cm³/mol. The monoisotopic (exact) mass is 470 g/mol. The van der Waals surface area contributed by atoms with E-state index in [0.717, 1.165) is 16.5 Å². The Morgan fingerprint density at radius 1 is 1.03 bits per heavy atom. The molecule has 0 aliphatic heterocycles. The number of hydrogen-bond donors (Lipinski definition) is 3. The summed E-state index contributed by atoms with van der Waals surface area (Å²) in [5.74, 6) is -1.45. The number of carbonyl (C=O) groups excluding carboxylic acids is 4. The number of para-hydroxylation sites is 1. The Morgan fingerprint density at radius 2 is 1.71 bits per heavy atom. The van der Waals surface area contributed by atoms with Crippen LogP contribution in [0.15, 0.2) is 30.5 Å². The van der Waals surface area contributed by atoms with Crippen LogP contribution in [-0.2, 0) is 25.6 Å². The highest BCUT2D eigenvalue weighted by molar-refractivity contribution is 5.94. The minimum Gasteiger partial charge on any atom is -0.361 e. The lowest BCUT2D eigenvalue weighted by atomic mass is 9.99. The number of rotatable bonds is 12. The topological polar surface area (TPSA) is 111 Å². The van der Waals surface area contributed by atoms with Gasteiger partial charge in [0.05, 0.1) is 6.54 Å². The van der Waals surface area contributed by atoms with Gasteiger partial charge in [0.15, 0.2) is 5.78 Å². The highest BCUT2D eigenvalue weighted by Crippen LogP contribution is 2.19. The number of hydrogen-bond acceptors (Lipinski definition) is 4. The van der Waals surface area contributed by atoms with Gasteiger partial charge in [-0.25, -0.2) is 0 Å². The fourth-order valence-corrected chi connectivity index (χ4v) is 3.85. The quantitative estimate of drug-likeness (QED) is 0.443. The van der Waals surface area contributed by atoms with Crippen molar-refractivity contribution in [3.05, 3.63) is 36.0 Å². The van der Waals surface area contributed by atoms with Crippen LogP contribution in [-0.4, -0.2) is 58.6 Å². The highest BCUT2D eigenvalue weighted by Gasteiger charge is 2.32. The van der Waals surface area contributed by atoms with Gasteiger partial charge in [-0.2, -0.15) is 0 Å². The van der Waals surface area contributed by atoms with E-state index in [0.29, 0.717) is 13.0 Å². The van der Waals surface area contributed by atoms with Crippen LogP contribution in [0.4, 0.5) is 0 Å². The highest BCUT2D eigenvalue weighted by atomic mass is 16.2. The Morgan fingerprint density at radius 3 is 2.29 bits per heavy atom. The number of nitrogens with one attached hydrogen (secondary N) is 3. The number of ketones is 1. The number of nitrogens with zero attached hydrogens (tertiary/aromatic N) is 1. The molecule has 1 aromatic heterocycles. The molecule has 1 aromatic carbocycles. The SMILES string of the molecule is CCCN(CC(=O)C(C)C)C(=O)C(NC(=O)[C@H](Cc1c[nH]c2ccccc12)NC(C)=O)C(C)C. The lowest BCUT2D eigenvalue weighted by molar-refractivity contribution is -0.141. The van der Waals surface area contributed by atoms with Crippen molar-refractivity contribution in [3.63, 3.8) is 0 Å². The summed E-state index contributed by atoms with van der Waals surface area (Å²) < 4.78 is 0. The van der Waals surface area contributed by atoms with E-state index in [9.17, 15) is 19.2 Å². The van der Waals surface area contributed by atoms with Gasteiger partial charge in [0.25, 0.3) is 0 Å². The third-order valence-corrected chi connectivity index (χ3v) is 5.82. The van der Waals surface area contributed by atoms with Gasteiger partial charge in [-0.15, -0.1) is 0 Å². The first kappa shape index (κ1) is 27.1. The summed E-state index contributed by atoms with van der Waals surface area (Å²) in [4.78, 5) is 55.6. The molecule has 1 heterocycles. The van der Waals surface area contributed by atoms with Crippen LogP contribution < -0.4 is 10.6 Å². The molecule has 34 heavy (non-hydrogen) atoms. The van der Waals surface area contributed by atoms with Crippen LogP contribution in [0.2, 0.25) is 0 Å². The van der Waals surface area contributed by atoms with Crippen LogP contribution in [0.3, 0.4) is 0 Å². The van der Waals surface area contributed by atoms with Crippen molar-refractivity contribution >= 4 is 34.4 Å². The number of benzene rings is 1. The summed E-state index contributed by atoms with van der Waals surface area (Å²) in [6.07, 6.45) is 2.81. The minimum absolute atomic E-state index is 0.0217. The molecule has 1 unspecified atom stereocenters. The molecule has 0 aliphatic carbocycles. The number of H-pyrrole nitrogens is 1. The Kier molecular flexibility index (Phi) is 9.83. The van der Waals surface area contributed by atoms with Gasteiger partial charge < -0.3 is 20.5 Å². The standard InChI is InChI=1S/C26H38N4O4/c1-7-12-30(15-23(32)16(2)3)26(34)24(17(4)5)29-25(33)22(28-18(6)31)13-19-14-27-21-11-9-8-10-20(19)21/h8-11,14,16-17,22,24,27H,7,12-13,15H2,1-6H3,(H,28,31)(H,29,33)/t22-,24?/m0/s1. The molecule has 0 radical (unpaired) electrons. The maximum Gasteiger partial charge on any atom is 0.245 e. The zero-order valence-corrected chi connectivity index (χ0v) is 21.1. The largest absolute Gasteiger partial charge is 0.361 e. The zero-order chi connectivity index (χ0) is 25.4. The summed E-state index contributed by atoms with van der Waals surface area (Å²) in [5, 5.41) is 6.56. The Hall–Kier alpha value is -3.16. The number of amides is 3. The summed E-state index contributed by atoms with van der Waals surface area (Å²) >= 11 is 0. The molecule has 0 aliphatic rings. The molecule has 2 atom stereocenters. The second-order valence-corrected chi connectivity index (χ2v) is 9.43. The molecule has 0 spiro atoms. The normalized spacial score (nSPS) is 13.1. The van der Waals surface area contributed by atoms with E-state index in [1.165, 1.54) is 11.8 Å². The number of Topliss-reactive ketones (excluding diaryl/α,β-unsaturated/α-hetero) is 1. The van der Waals surface area contributed by atoms with E-state index in [-0.39, 0.29) is 42.4 Å². The van der Waals surface area contributed by atoms with Crippen molar-refractivity contribution in [2.45, 2.75) is 66.5 Å². The van der Waals surface area contributed by atoms with Gasteiger partial charge in [-0.05, 0) is 24.0 Å². The third-order valence-electron chi connectivity index (χ3n) is 5.82. The summed E-state index contributed by atoms with van der Waals surface area (Å²) in [6, 6.07) is 6.09. The van der Waals surface area contributed by atoms with E-state index < -0.39 is 18.0 Å². The molecule has 0 saturated carbocycles. The van der Waals surface area contributed by atoms with Crippen molar-refractivity contribution < 1.29 is 19.2 Å². The molecule has 0 saturated heterocycles.